The van der Waals surface area contributed by atoms with Crippen LogP contribution in [0.1, 0.15) is 11.1 Å². The number of nitro benzene ring substituents is 1. The van der Waals surface area contributed by atoms with Crippen molar-refractivity contribution in [1.82, 2.24) is 0 Å². The first-order chi connectivity index (χ1) is 9.61. The van der Waals surface area contributed by atoms with Gasteiger partial charge in [-0.1, -0.05) is 18.2 Å². The van der Waals surface area contributed by atoms with Gasteiger partial charge in [0, 0.05) is 28.3 Å². The molecule has 0 saturated carbocycles. The van der Waals surface area contributed by atoms with Crippen molar-refractivity contribution in [3.63, 3.8) is 0 Å². The van der Waals surface area contributed by atoms with Gasteiger partial charge in [-0.2, -0.15) is 5.26 Å². The number of halogens is 1. The summed E-state index contributed by atoms with van der Waals surface area (Å²) in [7, 11) is 0. The lowest BCUT2D eigenvalue weighted by atomic mass is 10.1. The number of nitrogens with zero attached hydrogens (tertiary/aromatic N) is 2. The quantitative estimate of drug-likeness (QED) is 0.681. The summed E-state index contributed by atoms with van der Waals surface area (Å²) in [6.45, 7) is 0.343. The van der Waals surface area contributed by atoms with Gasteiger partial charge in [0.15, 0.2) is 0 Å². The van der Waals surface area contributed by atoms with Gasteiger partial charge in [-0.05, 0) is 34.1 Å². The number of hydrogen-bond donors (Lipinski definition) is 1. The van der Waals surface area contributed by atoms with Crippen LogP contribution < -0.4 is 5.32 Å². The van der Waals surface area contributed by atoms with Crippen molar-refractivity contribution in [2.24, 2.45) is 0 Å². The summed E-state index contributed by atoms with van der Waals surface area (Å²) in [5, 5.41) is 22.8. The predicted octanol–water partition coefficient (Wildman–Crippen LogP) is 3.84. The standard InChI is InChI=1S/C14H10BrN3O2/c15-13-7-12(6-5-10(13)8-16)17-9-11-3-1-2-4-14(11)18(19)20/h1-7,17H,9H2. The number of hydrogen-bond acceptors (Lipinski definition) is 4. The Balaban J connectivity index is 2.15. The lowest BCUT2D eigenvalue weighted by molar-refractivity contribution is -0.385. The monoisotopic (exact) mass is 331 g/mol. The Morgan fingerprint density at radius 2 is 2.05 bits per heavy atom. The lowest BCUT2D eigenvalue weighted by Crippen LogP contribution is -2.03. The summed E-state index contributed by atoms with van der Waals surface area (Å²) in [4.78, 5) is 10.5. The SMILES string of the molecule is N#Cc1ccc(NCc2ccccc2[N+](=O)[O-])cc1Br. The van der Waals surface area contributed by atoms with Gasteiger partial charge in [-0.3, -0.25) is 10.1 Å². The number of nitrogens with one attached hydrogen (secondary N) is 1. The summed E-state index contributed by atoms with van der Waals surface area (Å²) < 4.78 is 0.688. The molecule has 1 N–H and O–H groups in total. The second kappa shape index (κ2) is 6.17. The molecule has 20 heavy (non-hydrogen) atoms. The summed E-state index contributed by atoms with van der Waals surface area (Å²) in [6, 6.07) is 13.9. The molecule has 100 valence electrons. The van der Waals surface area contributed by atoms with Crippen LogP contribution in [0, 0.1) is 21.4 Å². The number of nitro groups is 1. The molecule has 0 saturated heterocycles. The zero-order valence-electron chi connectivity index (χ0n) is 10.3. The highest BCUT2D eigenvalue weighted by Crippen LogP contribution is 2.23. The van der Waals surface area contributed by atoms with Gasteiger partial charge in [0.1, 0.15) is 6.07 Å². The molecule has 0 spiro atoms. The van der Waals surface area contributed by atoms with Crippen LogP contribution >= 0.6 is 15.9 Å². The highest BCUT2D eigenvalue weighted by molar-refractivity contribution is 9.10. The molecule has 0 radical (unpaired) electrons. The molecule has 2 rings (SSSR count). The first kappa shape index (κ1) is 14.0. The van der Waals surface area contributed by atoms with Crippen LogP contribution in [0.3, 0.4) is 0 Å². The van der Waals surface area contributed by atoms with Crippen LogP contribution in [0.25, 0.3) is 0 Å². The van der Waals surface area contributed by atoms with Gasteiger partial charge in [0.05, 0.1) is 10.5 Å². The van der Waals surface area contributed by atoms with E-state index < -0.39 is 4.92 Å². The lowest BCUT2D eigenvalue weighted by Gasteiger charge is -2.08. The van der Waals surface area contributed by atoms with Crippen LogP contribution in [-0.4, -0.2) is 4.92 Å². The van der Waals surface area contributed by atoms with E-state index >= 15 is 0 Å². The molecule has 0 atom stereocenters. The maximum atomic E-state index is 10.9. The smallest absolute Gasteiger partial charge is 0.274 e. The third kappa shape index (κ3) is 3.13. The van der Waals surface area contributed by atoms with Crippen LogP contribution in [-0.2, 0) is 6.54 Å². The van der Waals surface area contributed by atoms with Crippen LogP contribution in [0.15, 0.2) is 46.9 Å². The number of nitriles is 1. The molecular formula is C14H10BrN3O2. The molecule has 0 amide bonds. The molecule has 0 heterocycles. The normalized spacial score (nSPS) is 9.80. The third-order valence-electron chi connectivity index (χ3n) is 2.76. The summed E-state index contributed by atoms with van der Waals surface area (Å²) in [5.74, 6) is 0. The summed E-state index contributed by atoms with van der Waals surface area (Å²) >= 11 is 3.30. The number of benzene rings is 2. The van der Waals surface area contributed by atoms with Gasteiger partial charge in [0.2, 0.25) is 0 Å². The minimum Gasteiger partial charge on any atom is -0.381 e. The van der Waals surface area contributed by atoms with Crippen LogP contribution in [0.2, 0.25) is 0 Å². The fourth-order valence-corrected chi connectivity index (χ4v) is 2.22. The molecular weight excluding hydrogens is 322 g/mol. The van der Waals surface area contributed by atoms with E-state index in [0.29, 0.717) is 22.1 Å². The van der Waals surface area contributed by atoms with Gasteiger partial charge in [0.25, 0.3) is 5.69 Å². The fourth-order valence-electron chi connectivity index (χ4n) is 1.75. The Morgan fingerprint density at radius 1 is 1.30 bits per heavy atom. The minimum atomic E-state index is -0.397. The molecule has 0 aliphatic rings. The maximum Gasteiger partial charge on any atom is 0.274 e. The average molecular weight is 332 g/mol. The molecule has 0 aromatic heterocycles. The van der Waals surface area contributed by atoms with Crippen LogP contribution in [0.4, 0.5) is 11.4 Å². The molecule has 2 aromatic rings. The van der Waals surface area contributed by atoms with E-state index in [1.807, 2.05) is 0 Å². The van der Waals surface area contributed by atoms with E-state index in [1.165, 1.54) is 6.07 Å². The van der Waals surface area contributed by atoms with Crippen LogP contribution in [0.5, 0.6) is 0 Å². The van der Waals surface area contributed by atoms with E-state index in [2.05, 4.69) is 27.3 Å². The Bertz CT molecular complexity index is 695. The predicted molar refractivity (Wildman–Crippen MR) is 79.3 cm³/mol. The summed E-state index contributed by atoms with van der Waals surface area (Å²) in [6.07, 6.45) is 0. The first-order valence-electron chi connectivity index (χ1n) is 5.77. The van der Waals surface area contributed by atoms with Gasteiger partial charge in [-0.25, -0.2) is 0 Å². The number of rotatable bonds is 4. The highest BCUT2D eigenvalue weighted by atomic mass is 79.9. The van der Waals surface area contributed by atoms with Crippen molar-refractivity contribution >= 4 is 27.3 Å². The zero-order chi connectivity index (χ0) is 14.5. The minimum absolute atomic E-state index is 0.0905. The van der Waals surface area contributed by atoms with E-state index in [0.717, 1.165) is 5.69 Å². The molecule has 0 bridgehead atoms. The van der Waals surface area contributed by atoms with E-state index in [1.54, 1.807) is 36.4 Å². The molecule has 0 unspecified atom stereocenters. The molecule has 6 heteroatoms. The Kier molecular flexibility index (Phi) is 4.33. The van der Waals surface area contributed by atoms with Crippen molar-refractivity contribution in [3.8, 4) is 6.07 Å². The van der Waals surface area contributed by atoms with Crippen molar-refractivity contribution in [2.75, 3.05) is 5.32 Å². The Labute approximate surface area is 124 Å². The Hall–Kier alpha value is -2.39. The molecule has 2 aromatic carbocycles. The zero-order valence-corrected chi connectivity index (χ0v) is 11.9. The van der Waals surface area contributed by atoms with E-state index in [-0.39, 0.29) is 5.69 Å². The van der Waals surface area contributed by atoms with Crippen molar-refractivity contribution in [1.29, 1.82) is 5.26 Å². The fraction of sp³-hybridized carbons (Fsp3) is 0.0714. The maximum absolute atomic E-state index is 10.9. The second-order valence-corrected chi connectivity index (χ2v) is 4.90. The first-order valence-corrected chi connectivity index (χ1v) is 6.57. The third-order valence-corrected chi connectivity index (χ3v) is 3.42. The topological polar surface area (TPSA) is 79.0 Å². The van der Waals surface area contributed by atoms with E-state index in [9.17, 15) is 10.1 Å². The van der Waals surface area contributed by atoms with Gasteiger partial charge in [-0.15, -0.1) is 0 Å². The highest BCUT2D eigenvalue weighted by Gasteiger charge is 2.11. The van der Waals surface area contributed by atoms with Gasteiger partial charge < -0.3 is 5.32 Å². The molecule has 0 aliphatic heterocycles. The number of para-hydroxylation sites is 1. The van der Waals surface area contributed by atoms with E-state index in [4.69, 9.17) is 5.26 Å². The Morgan fingerprint density at radius 3 is 2.70 bits per heavy atom. The van der Waals surface area contributed by atoms with Crippen molar-refractivity contribution in [3.05, 3.63) is 68.2 Å². The largest absolute Gasteiger partial charge is 0.381 e. The molecule has 0 aliphatic carbocycles. The summed E-state index contributed by atoms with van der Waals surface area (Å²) in [5.41, 5.74) is 2.03. The molecule has 5 nitrogen and oxygen atoms in total. The molecule has 0 fully saturated rings. The second-order valence-electron chi connectivity index (χ2n) is 4.05. The van der Waals surface area contributed by atoms with Crippen molar-refractivity contribution in [2.45, 2.75) is 6.54 Å². The van der Waals surface area contributed by atoms with Gasteiger partial charge >= 0.3 is 0 Å². The van der Waals surface area contributed by atoms with Crippen molar-refractivity contribution < 1.29 is 4.92 Å². The average Bonchev–Trinajstić information content (AvgIpc) is 2.45. The number of anilines is 1.